The number of anilines is 1. The van der Waals surface area contributed by atoms with Gasteiger partial charge in [0.05, 0.1) is 12.2 Å². The second-order valence-corrected chi connectivity index (χ2v) is 4.99. The van der Waals surface area contributed by atoms with Gasteiger partial charge in [0.1, 0.15) is 0 Å². The van der Waals surface area contributed by atoms with Gasteiger partial charge in [-0.1, -0.05) is 18.2 Å². The summed E-state index contributed by atoms with van der Waals surface area (Å²) in [6.07, 6.45) is 1.72. The van der Waals surface area contributed by atoms with Crippen molar-refractivity contribution in [2.24, 2.45) is 5.73 Å². The molecule has 2 aromatic rings. The van der Waals surface area contributed by atoms with E-state index in [1.54, 1.807) is 6.20 Å². The molecule has 1 unspecified atom stereocenters. The number of hydrogen-bond acceptors (Lipinski definition) is 3. The molecule has 1 atom stereocenters. The molecule has 0 fully saturated rings. The molecule has 0 spiro atoms. The van der Waals surface area contributed by atoms with Crippen molar-refractivity contribution >= 4 is 11.7 Å². The fourth-order valence-electron chi connectivity index (χ4n) is 1.94. The molecular weight excluding hydrogens is 264 g/mol. The highest BCUT2D eigenvalue weighted by Gasteiger charge is 2.05. The van der Waals surface area contributed by atoms with E-state index in [4.69, 9.17) is 5.73 Å². The Morgan fingerprint density at radius 2 is 2.14 bits per heavy atom. The minimum Gasteiger partial charge on any atom is -0.332 e. The molecule has 0 saturated heterocycles. The first-order valence-corrected chi connectivity index (χ1v) is 6.87. The number of aromatic nitrogens is 1. The standard InChI is InChI=1S/C16H20N4O/c1-11-5-4-8-18-15(11)10-19-16(21)20-14-7-3-6-13(9-14)12(2)17/h3-9,12H,10,17H2,1-2H3,(H2,19,20,21). The summed E-state index contributed by atoms with van der Waals surface area (Å²) in [7, 11) is 0. The van der Waals surface area contributed by atoms with Crippen LogP contribution in [0.1, 0.15) is 29.8 Å². The van der Waals surface area contributed by atoms with Gasteiger partial charge < -0.3 is 16.4 Å². The quantitative estimate of drug-likeness (QED) is 0.807. The van der Waals surface area contributed by atoms with Gasteiger partial charge in [-0.2, -0.15) is 0 Å². The van der Waals surface area contributed by atoms with Crippen molar-refractivity contribution in [2.45, 2.75) is 26.4 Å². The van der Waals surface area contributed by atoms with Crippen molar-refractivity contribution < 1.29 is 4.79 Å². The number of carbonyl (C=O) groups is 1. The lowest BCUT2D eigenvalue weighted by Gasteiger charge is -2.11. The van der Waals surface area contributed by atoms with Crippen molar-refractivity contribution in [2.75, 3.05) is 5.32 Å². The lowest BCUT2D eigenvalue weighted by molar-refractivity contribution is 0.251. The third-order valence-corrected chi connectivity index (χ3v) is 3.20. The Morgan fingerprint density at radius 1 is 1.33 bits per heavy atom. The van der Waals surface area contributed by atoms with Gasteiger partial charge >= 0.3 is 6.03 Å². The van der Waals surface area contributed by atoms with Crippen LogP contribution in [0, 0.1) is 6.92 Å². The summed E-state index contributed by atoms with van der Waals surface area (Å²) >= 11 is 0. The largest absolute Gasteiger partial charge is 0.332 e. The summed E-state index contributed by atoms with van der Waals surface area (Å²) in [4.78, 5) is 16.1. The Morgan fingerprint density at radius 3 is 2.86 bits per heavy atom. The number of aryl methyl sites for hydroxylation is 1. The number of hydrogen-bond donors (Lipinski definition) is 3. The van der Waals surface area contributed by atoms with Crippen molar-refractivity contribution in [1.29, 1.82) is 0 Å². The van der Waals surface area contributed by atoms with Crippen LogP contribution in [0.15, 0.2) is 42.6 Å². The first-order chi connectivity index (χ1) is 10.1. The lowest BCUT2D eigenvalue weighted by Crippen LogP contribution is -2.28. The van der Waals surface area contributed by atoms with Crippen LogP contribution >= 0.6 is 0 Å². The number of carbonyl (C=O) groups excluding carboxylic acids is 1. The van der Waals surface area contributed by atoms with Gasteiger partial charge in [-0.15, -0.1) is 0 Å². The molecule has 1 aromatic carbocycles. The second-order valence-electron chi connectivity index (χ2n) is 4.99. The van der Waals surface area contributed by atoms with E-state index in [1.165, 1.54) is 0 Å². The van der Waals surface area contributed by atoms with E-state index < -0.39 is 0 Å². The average Bonchev–Trinajstić information content (AvgIpc) is 2.46. The molecule has 1 heterocycles. The lowest BCUT2D eigenvalue weighted by atomic mass is 10.1. The topological polar surface area (TPSA) is 80.0 Å². The molecule has 5 nitrogen and oxygen atoms in total. The molecule has 2 amide bonds. The van der Waals surface area contributed by atoms with Crippen molar-refractivity contribution in [3.63, 3.8) is 0 Å². The van der Waals surface area contributed by atoms with Gasteiger partial charge in [0.25, 0.3) is 0 Å². The number of nitrogens with two attached hydrogens (primary N) is 1. The minimum atomic E-state index is -0.262. The number of amides is 2. The molecule has 21 heavy (non-hydrogen) atoms. The molecule has 4 N–H and O–H groups in total. The summed E-state index contributed by atoms with van der Waals surface area (Å²) in [6.45, 7) is 4.27. The Hall–Kier alpha value is -2.40. The van der Waals surface area contributed by atoms with Crippen molar-refractivity contribution in [3.8, 4) is 0 Å². The third kappa shape index (κ3) is 4.29. The number of pyridine rings is 1. The van der Waals surface area contributed by atoms with Crippen molar-refractivity contribution in [1.82, 2.24) is 10.3 Å². The van der Waals surface area contributed by atoms with Gasteiger partial charge in [-0.3, -0.25) is 4.98 Å². The molecule has 1 aromatic heterocycles. The predicted molar refractivity (Wildman–Crippen MR) is 83.9 cm³/mol. The van der Waals surface area contributed by atoms with Crippen LogP contribution in [0.4, 0.5) is 10.5 Å². The zero-order valence-electron chi connectivity index (χ0n) is 12.3. The first kappa shape index (κ1) is 15.0. The van der Waals surface area contributed by atoms with E-state index >= 15 is 0 Å². The van der Waals surface area contributed by atoms with Gasteiger partial charge in [0.2, 0.25) is 0 Å². The fraction of sp³-hybridized carbons (Fsp3) is 0.250. The van der Waals surface area contributed by atoms with Crippen LogP contribution < -0.4 is 16.4 Å². The highest BCUT2D eigenvalue weighted by Crippen LogP contribution is 2.15. The van der Waals surface area contributed by atoms with Gasteiger partial charge in [0, 0.05) is 17.9 Å². The van der Waals surface area contributed by atoms with Gasteiger partial charge in [-0.05, 0) is 43.2 Å². The third-order valence-electron chi connectivity index (χ3n) is 3.20. The smallest absolute Gasteiger partial charge is 0.319 e. The number of benzene rings is 1. The average molecular weight is 284 g/mol. The highest BCUT2D eigenvalue weighted by atomic mass is 16.2. The maximum absolute atomic E-state index is 11.9. The van der Waals surface area contributed by atoms with Crippen LogP contribution in [0.2, 0.25) is 0 Å². The normalized spacial score (nSPS) is 11.8. The molecule has 0 aliphatic rings. The van der Waals surface area contributed by atoms with Crippen LogP contribution in [-0.2, 0) is 6.54 Å². The molecule has 0 radical (unpaired) electrons. The summed E-state index contributed by atoms with van der Waals surface area (Å²) in [5.74, 6) is 0. The monoisotopic (exact) mass is 284 g/mol. The van der Waals surface area contributed by atoms with Crippen LogP contribution in [0.3, 0.4) is 0 Å². The number of urea groups is 1. The SMILES string of the molecule is Cc1cccnc1CNC(=O)Nc1cccc(C(C)N)c1. The van der Waals surface area contributed by atoms with Gasteiger partial charge in [0.15, 0.2) is 0 Å². The molecule has 0 aliphatic carbocycles. The van der Waals surface area contributed by atoms with E-state index in [2.05, 4.69) is 15.6 Å². The highest BCUT2D eigenvalue weighted by molar-refractivity contribution is 5.89. The van der Waals surface area contributed by atoms with Crippen LogP contribution in [0.5, 0.6) is 0 Å². The molecule has 0 saturated carbocycles. The Bertz CT molecular complexity index is 625. The summed E-state index contributed by atoms with van der Waals surface area (Å²) in [5.41, 5.74) is 9.44. The van der Waals surface area contributed by atoms with E-state index in [-0.39, 0.29) is 12.1 Å². The first-order valence-electron chi connectivity index (χ1n) is 6.87. The van der Waals surface area contributed by atoms with Crippen molar-refractivity contribution in [3.05, 3.63) is 59.4 Å². The molecule has 0 aliphatic heterocycles. The minimum absolute atomic E-state index is 0.0639. The number of nitrogens with zero attached hydrogens (tertiary/aromatic N) is 1. The molecule has 5 heteroatoms. The predicted octanol–water partition coefficient (Wildman–Crippen LogP) is 2.73. The fourth-order valence-corrected chi connectivity index (χ4v) is 1.94. The Balaban J connectivity index is 1.93. The summed E-state index contributed by atoms with van der Waals surface area (Å²) in [5, 5.41) is 5.59. The molecule has 110 valence electrons. The summed E-state index contributed by atoms with van der Waals surface area (Å²) < 4.78 is 0. The second kappa shape index (κ2) is 6.85. The number of rotatable bonds is 4. The summed E-state index contributed by atoms with van der Waals surface area (Å²) in [6, 6.07) is 11.0. The van der Waals surface area contributed by atoms with E-state index in [0.29, 0.717) is 6.54 Å². The van der Waals surface area contributed by atoms with Crippen LogP contribution in [0.25, 0.3) is 0 Å². The molecule has 0 bridgehead atoms. The van der Waals surface area contributed by atoms with E-state index in [1.807, 2.05) is 50.2 Å². The maximum Gasteiger partial charge on any atom is 0.319 e. The van der Waals surface area contributed by atoms with Gasteiger partial charge in [-0.25, -0.2) is 4.79 Å². The van der Waals surface area contributed by atoms with Crippen LogP contribution in [-0.4, -0.2) is 11.0 Å². The Kier molecular flexibility index (Phi) is 4.90. The van der Waals surface area contributed by atoms with E-state index in [0.717, 1.165) is 22.5 Å². The van der Waals surface area contributed by atoms with E-state index in [9.17, 15) is 4.79 Å². The maximum atomic E-state index is 11.9. The Labute approximate surface area is 124 Å². The molecule has 2 rings (SSSR count). The zero-order chi connectivity index (χ0) is 15.2. The zero-order valence-corrected chi connectivity index (χ0v) is 12.3. The molecular formula is C16H20N4O. The number of nitrogens with one attached hydrogen (secondary N) is 2.